The Morgan fingerprint density at radius 3 is 2.64 bits per heavy atom. The van der Waals surface area contributed by atoms with E-state index in [0.29, 0.717) is 5.92 Å². The first-order chi connectivity index (χ1) is 10.3. The average molecular weight is 355 g/mol. The molecule has 0 amide bonds. The maximum atomic E-state index is 8.78. The minimum absolute atomic E-state index is 0.103. The first-order valence-corrected chi connectivity index (χ1v) is 10.7. The van der Waals surface area contributed by atoms with Gasteiger partial charge >= 0.3 is 0 Å². The van der Waals surface area contributed by atoms with Gasteiger partial charge in [0.25, 0.3) is 0 Å². The Morgan fingerprint density at radius 1 is 1.41 bits per heavy atom. The van der Waals surface area contributed by atoms with Crippen molar-refractivity contribution in [1.29, 1.82) is 4.78 Å². The second-order valence-electron chi connectivity index (χ2n) is 6.97. The molecule has 1 fully saturated rings. The van der Waals surface area contributed by atoms with Gasteiger partial charge in [0.2, 0.25) is 0 Å². The standard InChI is InChI=1S/C17H26N2S3/c1-12(2)13-8-6-7-9-14(13)15-19(16(20)21-5)10-17(3,4)11-22(15)18/h6-9,12,15,18H,10-11H2,1-5H3. The molecule has 1 aromatic rings. The zero-order chi connectivity index (χ0) is 16.5. The highest BCUT2D eigenvalue weighted by Gasteiger charge is 2.38. The third-order valence-electron chi connectivity index (χ3n) is 3.99. The van der Waals surface area contributed by atoms with Gasteiger partial charge < -0.3 is 4.90 Å². The fourth-order valence-electron chi connectivity index (χ4n) is 3.10. The maximum absolute atomic E-state index is 8.78. The van der Waals surface area contributed by atoms with E-state index in [9.17, 15) is 0 Å². The van der Waals surface area contributed by atoms with Crippen molar-refractivity contribution in [3.63, 3.8) is 0 Å². The Morgan fingerprint density at radius 2 is 2.05 bits per heavy atom. The summed E-state index contributed by atoms with van der Waals surface area (Å²) in [6.07, 6.45) is 2.04. The fourth-order valence-corrected chi connectivity index (χ4v) is 5.91. The van der Waals surface area contributed by atoms with E-state index in [4.69, 9.17) is 17.0 Å². The molecule has 1 saturated heterocycles. The van der Waals surface area contributed by atoms with Crippen molar-refractivity contribution in [1.82, 2.24) is 4.90 Å². The van der Waals surface area contributed by atoms with Crippen molar-refractivity contribution in [2.45, 2.75) is 39.0 Å². The summed E-state index contributed by atoms with van der Waals surface area (Å²) in [5.41, 5.74) is 2.79. The van der Waals surface area contributed by atoms with Crippen LogP contribution in [0, 0.1) is 10.2 Å². The zero-order valence-corrected chi connectivity index (χ0v) is 16.5. The van der Waals surface area contributed by atoms with Crippen LogP contribution in [-0.4, -0.2) is 27.8 Å². The molecule has 122 valence electrons. The van der Waals surface area contributed by atoms with Gasteiger partial charge in [-0.1, -0.05) is 74.9 Å². The average Bonchev–Trinajstić information content (AvgIpc) is 2.44. The topological polar surface area (TPSA) is 27.1 Å². The number of hydrogen-bond acceptors (Lipinski definition) is 3. The van der Waals surface area contributed by atoms with Crippen molar-refractivity contribution in [2.24, 2.45) is 5.41 Å². The van der Waals surface area contributed by atoms with Crippen LogP contribution < -0.4 is 0 Å². The molecule has 1 heterocycles. The predicted octanol–water partition coefficient (Wildman–Crippen LogP) is 5.18. The number of thioether (sulfide) groups is 1. The molecule has 0 aliphatic carbocycles. The van der Waals surface area contributed by atoms with E-state index in [2.05, 4.69) is 56.9 Å². The SMILES string of the molecule is CSC(=S)N1CC(C)(C)CS(=N)C1c1ccccc1C(C)C. The van der Waals surface area contributed by atoms with Gasteiger partial charge in [0.05, 0.1) is 0 Å². The molecule has 2 rings (SSSR count). The molecule has 22 heavy (non-hydrogen) atoms. The van der Waals surface area contributed by atoms with Gasteiger partial charge in [-0.05, 0) is 28.7 Å². The normalized spacial score (nSPS) is 24.5. The number of nitrogens with zero attached hydrogens (tertiary/aromatic N) is 1. The van der Waals surface area contributed by atoms with Gasteiger partial charge in [-0.3, -0.25) is 4.78 Å². The van der Waals surface area contributed by atoms with Crippen LogP contribution in [0.1, 0.15) is 50.1 Å². The van der Waals surface area contributed by atoms with E-state index in [1.807, 2.05) is 6.26 Å². The number of thiocarbonyl (C=S) groups is 1. The molecule has 2 atom stereocenters. The van der Waals surface area contributed by atoms with Crippen LogP contribution in [0.5, 0.6) is 0 Å². The van der Waals surface area contributed by atoms with Crippen LogP contribution in [0.3, 0.4) is 0 Å². The number of benzene rings is 1. The summed E-state index contributed by atoms with van der Waals surface area (Å²) in [6.45, 7) is 9.89. The Balaban J connectivity index is 2.50. The quantitative estimate of drug-likeness (QED) is 0.742. The Labute approximate surface area is 146 Å². The highest BCUT2D eigenvalue weighted by Crippen LogP contribution is 2.40. The molecule has 0 saturated carbocycles. The van der Waals surface area contributed by atoms with Crippen LogP contribution in [0.25, 0.3) is 0 Å². The first-order valence-electron chi connectivity index (χ1n) is 7.61. The smallest absolute Gasteiger partial charge is 0.137 e. The van der Waals surface area contributed by atoms with Crippen LogP contribution >= 0.6 is 24.0 Å². The summed E-state index contributed by atoms with van der Waals surface area (Å²) < 4.78 is 9.69. The molecular weight excluding hydrogens is 328 g/mol. The van der Waals surface area contributed by atoms with Gasteiger partial charge in [-0.25, -0.2) is 0 Å². The van der Waals surface area contributed by atoms with Crippen LogP contribution in [0.2, 0.25) is 0 Å². The molecule has 0 radical (unpaired) electrons. The van der Waals surface area contributed by atoms with Crippen molar-refractivity contribution in [3.8, 4) is 0 Å². The van der Waals surface area contributed by atoms with Crippen molar-refractivity contribution in [2.75, 3.05) is 18.6 Å². The van der Waals surface area contributed by atoms with Crippen LogP contribution in [-0.2, 0) is 10.7 Å². The molecule has 2 nitrogen and oxygen atoms in total. The summed E-state index contributed by atoms with van der Waals surface area (Å²) >= 11 is 7.25. The molecule has 0 bridgehead atoms. The van der Waals surface area contributed by atoms with E-state index < -0.39 is 10.7 Å². The molecule has 5 heteroatoms. The molecule has 1 aliphatic heterocycles. The van der Waals surface area contributed by atoms with E-state index in [0.717, 1.165) is 16.6 Å². The first kappa shape index (κ1) is 18.0. The lowest BCUT2D eigenvalue weighted by Gasteiger charge is -2.46. The lowest BCUT2D eigenvalue weighted by atomic mass is 9.93. The van der Waals surface area contributed by atoms with E-state index in [1.165, 1.54) is 11.1 Å². The highest BCUT2D eigenvalue weighted by atomic mass is 32.2. The van der Waals surface area contributed by atoms with Gasteiger partial charge in [0, 0.05) is 12.3 Å². The summed E-state index contributed by atoms with van der Waals surface area (Å²) in [7, 11) is -0.452. The second kappa shape index (κ2) is 7.02. The molecule has 0 spiro atoms. The van der Waals surface area contributed by atoms with Crippen molar-refractivity contribution in [3.05, 3.63) is 35.4 Å². The minimum atomic E-state index is -0.452. The Bertz CT molecular complexity index is 581. The summed E-state index contributed by atoms with van der Waals surface area (Å²) in [5.74, 6) is 1.41. The summed E-state index contributed by atoms with van der Waals surface area (Å²) in [5, 5.41) is 0.103. The third-order valence-corrected chi connectivity index (χ3v) is 7.45. The Kier molecular flexibility index (Phi) is 5.73. The lowest BCUT2D eigenvalue weighted by Crippen LogP contribution is -2.48. The van der Waals surface area contributed by atoms with Crippen LogP contribution in [0.4, 0.5) is 0 Å². The number of nitrogens with one attached hydrogen (secondary N) is 1. The molecule has 2 unspecified atom stereocenters. The third kappa shape index (κ3) is 3.74. The largest absolute Gasteiger partial charge is 0.340 e. The van der Waals surface area contributed by atoms with Crippen molar-refractivity contribution >= 4 is 39.0 Å². The molecular formula is C17H26N2S3. The summed E-state index contributed by atoms with van der Waals surface area (Å²) in [4.78, 5) is 2.31. The summed E-state index contributed by atoms with van der Waals surface area (Å²) in [6, 6.07) is 8.60. The molecule has 1 aliphatic rings. The van der Waals surface area contributed by atoms with Gasteiger partial charge in [0.15, 0.2) is 0 Å². The molecule has 1 N–H and O–H groups in total. The Hall–Kier alpha value is -0.390. The molecule has 0 aromatic heterocycles. The maximum Gasteiger partial charge on any atom is 0.137 e. The monoisotopic (exact) mass is 354 g/mol. The van der Waals surface area contributed by atoms with Gasteiger partial charge in [-0.2, -0.15) is 0 Å². The highest BCUT2D eigenvalue weighted by molar-refractivity contribution is 8.22. The van der Waals surface area contributed by atoms with Gasteiger partial charge in [-0.15, -0.1) is 11.8 Å². The number of rotatable bonds is 2. The van der Waals surface area contributed by atoms with Crippen LogP contribution in [0.15, 0.2) is 24.3 Å². The molecule has 1 aromatic carbocycles. The fraction of sp³-hybridized carbons (Fsp3) is 0.588. The predicted molar refractivity (Wildman–Crippen MR) is 105 cm³/mol. The zero-order valence-electron chi connectivity index (χ0n) is 14.1. The van der Waals surface area contributed by atoms with E-state index >= 15 is 0 Å². The van der Waals surface area contributed by atoms with Crippen molar-refractivity contribution < 1.29 is 0 Å². The number of hydrogen-bond donors (Lipinski definition) is 1. The van der Waals surface area contributed by atoms with E-state index in [-0.39, 0.29) is 10.8 Å². The lowest BCUT2D eigenvalue weighted by molar-refractivity contribution is 0.256. The van der Waals surface area contributed by atoms with Gasteiger partial charge in [0.1, 0.15) is 9.69 Å². The minimum Gasteiger partial charge on any atom is -0.340 e. The van der Waals surface area contributed by atoms with E-state index in [1.54, 1.807) is 11.8 Å². The second-order valence-corrected chi connectivity index (χ2v) is 10.0.